The van der Waals surface area contributed by atoms with E-state index in [0.29, 0.717) is 11.3 Å². The first-order valence-electron chi connectivity index (χ1n) is 5.67. The maximum atomic E-state index is 11.8. The number of hydrogen-bond donors (Lipinski definition) is 2. The van der Waals surface area contributed by atoms with Crippen LogP contribution in [0.1, 0.15) is 12.0 Å². The number of carbonyl (C=O) groups excluding carboxylic acids is 1. The van der Waals surface area contributed by atoms with Crippen molar-refractivity contribution in [1.29, 1.82) is 5.26 Å². The number of benzene rings is 1. The van der Waals surface area contributed by atoms with E-state index >= 15 is 0 Å². The van der Waals surface area contributed by atoms with E-state index in [4.69, 9.17) is 22.6 Å². The molecule has 0 saturated heterocycles. The van der Waals surface area contributed by atoms with Crippen LogP contribution in [-0.2, 0) is 14.6 Å². The number of nitrogens with two attached hydrogens (primary N) is 1. The summed E-state index contributed by atoms with van der Waals surface area (Å²) in [7, 11) is -3.16. The predicted octanol–water partition coefficient (Wildman–Crippen LogP) is 0.912. The number of amides is 1. The van der Waals surface area contributed by atoms with Crippen molar-refractivity contribution in [3.63, 3.8) is 0 Å². The van der Waals surface area contributed by atoms with Crippen LogP contribution in [0.15, 0.2) is 18.2 Å². The average Bonchev–Trinajstić information content (AvgIpc) is 2.35. The number of anilines is 1. The molecule has 0 radical (unpaired) electrons. The first kappa shape index (κ1) is 16.4. The maximum absolute atomic E-state index is 11.8. The molecule has 1 rings (SSSR count). The van der Waals surface area contributed by atoms with Crippen LogP contribution in [-0.4, -0.2) is 32.4 Å². The van der Waals surface area contributed by atoms with E-state index in [2.05, 4.69) is 5.32 Å². The minimum absolute atomic E-state index is 0.0364. The van der Waals surface area contributed by atoms with Gasteiger partial charge in [-0.2, -0.15) is 5.26 Å². The van der Waals surface area contributed by atoms with E-state index in [0.717, 1.165) is 6.26 Å². The van der Waals surface area contributed by atoms with Crippen LogP contribution >= 0.6 is 11.6 Å². The predicted molar refractivity (Wildman–Crippen MR) is 77.1 cm³/mol. The minimum Gasteiger partial charge on any atom is -0.325 e. The van der Waals surface area contributed by atoms with Gasteiger partial charge in [0.05, 0.1) is 22.4 Å². The van der Waals surface area contributed by atoms with Gasteiger partial charge in [0.15, 0.2) is 0 Å². The van der Waals surface area contributed by atoms with Crippen LogP contribution in [0.3, 0.4) is 0 Å². The molecular formula is C12H14ClN3O3S. The van der Waals surface area contributed by atoms with Gasteiger partial charge in [0, 0.05) is 11.9 Å². The number of nitrogens with zero attached hydrogens (tertiary/aromatic N) is 1. The molecule has 1 amide bonds. The maximum Gasteiger partial charge on any atom is 0.241 e. The molecule has 0 spiro atoms. The molecule has 1 aromatic rings. The Hall–Kier alpha value is -1.62. The van der Waals surface area contributed by atoms with Gasteiger partial charge >= 0.3 is 0 Å². The smallest absolute Gasteiger partial charge is 0.241 e. The van der Waals surface area contributed by atoms with Gasteiger partial charge in [0.25, 0.3) is 0 Å². The number of sulfone groups is 1. The van der Waals surface area contributed by atoms with Gasteiger partial charge in [-0.05, 0) is 24.6 Å². The van der Waals surface area contributed by atoms with Crippen molar-refractivity contribution in [2.45, 2.75) is 12.5 Å². The summed E-state index contributed by atoms with van der Waals surface area (Å²) in [6, 6.07) is 5.39. The van der Waals surface area contributed by atoms with Crippen LogP contribution in [0.25, 0.3) is 0 Å². The van der Waals surface area contributed by atoms with Crippen molar-refractivity contribution < 1.29 is 13.2 Å². The number of hydrogen-bond acceptors (Lipinski definition) is 5. The SMILES string of the molecule is CS(=O)(=O)CCC(N)C(=O)Nc1ccc(C#N)c(Cl)c1. The molecule has 20 heavy (non-hydrogen) atoms. The molecule has 108 valence electrons. The van der Waals surface area contributed by atoms with Crippen LogP contribution in [0.5, 0.6) is 0 Å². The van der Waals surface area contributed by atoms with Gasteiger partial charge in [-0.3, -0.25) is 4.79 Å². The molecular weight excluding hydrogens is 302 g/mol. The Morgan fingerprint density at radius 1 is 1.55 bits per heavy atom. The van der Waals surface area contributed by atoms with Gasteiger partial charge in [-0.25, -0.2) is 8.42 Å². The first-order chi connectivity index (χ1) is 9.23. The molecule has 6 nitrogen and oxygen atoms in total. The van der Waals surface area contributed by atoms with Gasteiger partial charge in [-0.15, -0.1) is 0 Å². The standard InChI is InChI=1S/C12H14ClN3O3S/c1-20(18,19)5-4-11(15)12(17)16-9-3-2-8(7-14)10(13)6-9/h2-3,6,11H,4-5,15H2,1H3,(H,16,17). The third kappa shape index (κ3) is 5.17. The summed E-state index contributed by atoms with van der Waals surface area (Å²) >= 11 is 5.83. The third-order valence-electron chi connectivity index (χ3n) is 2.49. The second-order valence-electron chi connectivity index (χ2n) is 4.32. The number of nitriles is 1. The summed E-state index contributed by atoms with van der Waals surface area (Å²) < 4.78 is 22.0. The lowest BCUT2D eigenvalue weighted by Gasteiger charge is -2.12. The lowest BCUT2D eigenvalue weighted by molar-refractivity contribution is -0.117. The van der Waals surface area contributed by atoms with Gasteiger partial charge in [0.1, 0.15) is 15.9 Å². The minimum atomic E-state index is -3.16. The van der Waals surface area contributed by atoms with E-state index in [1.54, 1.807) is 0 Å². The Balaban J connectivity index is 2.66. The number of nitrogens with one attached hydrogen (secondary N) is 1. The summed E-state index contributed by atoms with van der Waals surface area (Å²) in [6.07, 6.45) is 1.12. The lowest BCUT2D eigenvalue weighted by atomic mass is 10.2. The summed E-state index contributed by atoms with van der Waals surface area (Å²) in [6.45, 7) is 0. The average molecular weight is 316 g/mol. The molecule has 0 fully saturated rings. The van der Waals surface area contributed by atoms with Crippen molar-refractivity contribution in [2.75, 3.05) is 17.3 Å². The van der Waals surface area contributed by atoms with Crippen molar-refractivity contribution in [2.24, 2.45) is 5.73 Å². The van der Waals surface area contributed by atoms with Crippen molar-refractivity contribution in [3.05, 3.63) is 28.8 Å². The quantitative estimate of drug-likeness (QED) is 0.838. The van der Waals surface area contributed by atoms with E-state index in [-0.39, 0.29) is 17.2 Å². The Morgan fingerprint density at radius 2 is 2.20 bits per heavy atom. The zero-order valence-electron chi connectivity index (χ0n) is 10.8. The highest BCUT2D eigenvalue weighted by molar-refractivity contribution is 7.90. The fourth-order valence-electron chi connectivity index (χ4n) is 1.39. The zero-order valence-corrected chi connectivity index (χ0v) is 12.3. The third-order valence-corrected chi connectivity index (χ3v) is 3.78. The summed E-state index contributed by atoms with van der Waals surface area (Å²) in [5.41, 5.74) is 6.30. The molecule has 0 aliphatic carbocycles. The topological polar surface area (TPSA) is 113 Å². The fraction of sp³-hybridized carbons (Fsp3) is 0.333. The monoisotopic (exact) mass is 315 g/mol. The highest BCUT2D eigenvalue weighted by atomic mass is 35.5. The summed E-state index contributed by atoms with van der Waals surface area (Å²) in [5, 5.41) is 11.5. The molecule has 0 saturated carbocycles. The molecule has 1 aromatic carbocycles. The van der Waals surface area contributed by atoms with Gasteiger partial charge < -0.3 is 11.1 Å². The molecule has 0 aliphatic heterocycles. The molecule has 8 heteroatoms. The van der Waals surface area contributed by atoms with E-state index in [1.165, 1.54) is 18.2 Å². The second-order valence-corrected chi connectivity index (χ2v) is 6.99. The van der Waals surface area contributed by atoms with Gasteiger partial charge in [-0.1, -0.05) is 11.6 Å². The Bertz CT molecular complexity index is 652. The van der Waals surface area contributed by atoms with E-state index in [9.17, 15) is 13.2 Å². The molecule has 1 unspecified atom stereocenters. The van der Waals surface area contributed by atoms with Crippen LogP contribution in [0, 0.1) is 11.3 Å². The number of rotatable bonds is 5. The van der Waals surface area contributed by atoms with E-state index in [1.807, 2.05) is 6.07 Å². The summed E-state index contributed by atoms with van der Waals surface area (Å²) in [4.78, 5) is 11.8. The fourth-order valence-corrected chi connectivity index (χ4v) is 2.30. The Morgan fingerprint density at radius 3 is 2.70 bits per heavy atom. The Labute approximate surface area is 122 Å². The zero-order chi connectivity index (χ0) is 15.3. The highest BCUT2D eigenvalue weighted by Crippen LogP contribution is 2.20. The highest BCUT2D eigenvalue weighted by Gasteiger charge is 2.16. The molecule has 0 aliphatic rings. The van der Waals surface area contributed by atoms with Crippen LogP contribution < -0.4 is 11.1 Å². The molecule has 3 N–H and O–H groups in total. The Kier molecular flexibility index (Phi) is 5.51. The van der Waals surface area contributed by atoms with Crippen molar-refractivity contribution >= 4 is 33.0 Å². The number of halogens is 1. The lowest BCUT2D eigenvalue weighted by Crippen LogP contribution is -2.37. The summed E-state index contributed by atoms with van der Waals surface area (Å²) in [5.74, 6) is -0.662. The van der Waals surface area contributed by atoms with Gasteiger partial charge in [0.2, 0.25) is 5.91 Å². The molecule has 0 heterocycles. The molecule has 0 aromatic heterocycles. The van der Waals surface area contributed by atoms with E-state index < -0.39 is 21.8 Å². The molecule has 1 atom stereocenters. The van der Waals surface area contributed by atoms with Crippen molar-refractivity contribution in [1.82, 2.24) is 0 Å². The van der Waals surface area contributed by atoms with Crippen LogP contribution in [0.2, 0.25) is 5.02 Å². The van der Waals surface area contributed by atoms with Crippen molar-refractivity contribution in [3.8, 4) is 6.07 Å². The first-order valence-corrected chi connectivity index (χ1v) is 8.10. The second kappa shape index (κ2) is 6.70. The van der Waals surface area contributed by atoms with Crippen LogP contribution in [0.4, 0.5) is 5.69 Å². The molecule has 0 bridgehead atoms. The number of carbonyl (C=O) groups is 1. The normalized spacial score (nSPS) is 12.5. The largest absolute Gasteiger partial charge is 0.325 e.